The maximum atomic E-state index is 10.4. The molecule has 0 heterocycles. The lowest BCUT2D eigenvalue weighted by Gasteiger charge is -2.46. The molecule has 0 atom stereocenters. The first-order chi connectivity index (χ1) is 5.41. The first kappa shape index (κ1) is 9.52. The number of rotatable bonds is 3. The molecule has 0 aromatic carbocycles. The normalized spacial score (nSPS) is 22.3. The van der Waals surface area contributed by atoms with Crippen LogP contribution in [0.2, 0.25) is 0 Å². The Hall–Kier alpha value is -0.570. The van der Waals surface area contributed by atoms with Crippen molar-refractivity contribution in [1.82, 2.24) is 4.90 Å². The van der Waals surface area contributed by atoms with Gasteiger partial charge in [0.25, 0.3) is 0 Å². The van der Waals surface area contributed by atoms with Gasteiger partial charge in [0.15, 0.2) is 0 Å². The molecule has 0 saturated heterocycles. The van der Waals surface area contributed by atoms with E-state index in [0.717, 1.165) is 12.8 Å². The lowest BCUT2D eigenvalue weighted by atomic mass is 9.68. The molecule has 0 bridgehead atoms. The molecule has 1 aliphatic rings. The highest BCUT2D eigenvalue weighted by atomic mass is 16.4. The molecule has 0 radical (unpaired) electrons. The number of aliphatic carboxylic acids is 1. The molecule has 1 N–H and O–H groups in total. The van der Waals surface area contributed by atoms with E-state index in [2.05, 4.69) is 13.8 Å². The Balaban J connectivity index is 2.28. The monoisotopic (exact) mass is 171 g/mol. The summed E-state index contributed by atoms with van der Waals surface area (Å²) in [6.07, 6.45) is 2.24. The van der Waals surface area contributed by atoms with Gasteiger partial charge in [-0.15, -0.1) is 0 Å². The van der Waals surface area contributed by atoms with Crippen molar-refractivity contribution in [3.63, 3.8) is 0 Å². The summed E-state index contributed by atoms with van der Waals surface area (Å²) in [6, 6.07) is 0.482. The number of likely N-dealkylation sites (N-methyl/N-ethyl adjacent to an activating group) is 1. The average Bonchev–Trinajstić information content (AvgIpc) is 1.80. The third kappa shape index (κ3) is 2.21. The summed E-state index contributed by atoms with van der Waals surface area (Å²) in [7, 11) is 1.88. The van der Waals surface area contributed by atoms with Crippen molar-refractivity contribution in [1.29, 1.82) is 0 Å². The zero-order valence-corrected chi connectivity index (χ0v) is 8.00. The fourth-order valence-corrected chi connectivity index (χ4v) is 1.87. The van der Waals surface area contributed by atoms with Gasteiger partial charge in [-0.3, -0.25) is 9.69 Å². The van der Waals surface area contributed by atoms with Crippen molar-refractivity contribution < 1.29 is 9.90 Å². The molecule has 3 heteroatoms. The summed E-state index contributed by atoms with van der Waals surface area (Å²) < 4.78 is 0. The van der Waals surface area contributed by atoms with Crippen LogP contribution in [0.1, 0.15) is 26.7 Å². The molecule has 1 saturated carbocycles. The highest BCUT2D eigenvalue weighted by Gasteiger charge is 2.38. The second kappa shape index (κ2) is 3.05. The Morgan fingerprint density at radius 3 is 2.42 bits per heavy atom. The summed E-state index contributed by atoms with van der Waals surface area (Å²) in [5.41, 5.74) is 0.428. The molecule has 0 unspecified atom stereocenters. The van der Waals surface area contributed by atoms with E-state index < -0.39 is 5.97 Å². The zero-order chi connectivity index (χ0) is 9.35. The zero-order valence-electron chi connectivity index (χ0n) is 8.00. The maximum absolute atomic E-state index is 10.4. The molecule has 0 spiro atoms. The van der Waals surface area contributed by atoms with Crippen LogP contribution in [-0.2, 0) is 4.79 Å². The van der Waals surface area contributed by atoms with E-state index in [4.69, 9.17) is 5.11 Å². The van der Waals surface area contributed by atoms with Crippen LogP contribution < -0.4 is 0 Å². The second-order valence-corrected chi connectivity index (χ2v) is 4.54. The number of nitrogens with zero attached hydrogens (tertiary/aromatic N) is 1. The van der Waals surface area contributed by atoms with Crippen LogP contribution in [0.5, 0.6) is 0 Å². The van der Waals surface area contributed by atoms with Crippen LogP contribution in [0.25, 0.3) is 0 Å². The smallest absolute Gasteiger partial charge is 0.317 e. The van der Waals surface area contributed by atoms with Crippen LogP contribution in [0.3, 0.4) is 0 Å². The van der Waals surface area contributed by atoms with E-state index in [-0.39, 0.29) is 6.54 Å². The van der Waals surface area contributed by atoms with E-state index in [1.807, 2.05) is 11.9 Å². The predicted octanol–water partition coefficient (Wildman–Crippen LogP) is 1.19. The average molecular weight is 171 g/mol. The summed E-state index contributed by atoms with van der Waals surface area (Å²) in [5.74, 6) is -0.734. The predicted molar refractivity (Wildman–Crippen MR) is 47.1 cm³/mol. The summed E-state index contributed by atoms with van der Waals surface area (Å²) >= 11 is 0. The highest BCUT2D eigenvalue weighted by molar-refractivity contribution is 5.69. The third-order valence-electron chi connectivity index (χ3n) is 2.58. The second-order valence-electron chi connectivity index (χ2n) is 4.54. The minimum absolute atomic E-state index is 0.167. The van der Waals surface area contributed by atoms with Crippen molar-refractivity contribution in [2.45, 2.75) is 32.7 Å². The minimum Gasteiger partial charge on any atom is -0.480 e. The van der Waals surface area contributed by atoms with Crippen LogP contribution in [0.15, 0.2) is 0 Å². The van der Waals surface area contributed by atoms with Crippen LogP contribution in [0.4, 0.5) is 0 Å². The Morgan fingerprint density at radius 1 is 1.58 bits per heavy atom. The quantitative estimate of drug-likeness (QED) is 0.693. The lowest BCUT2D eigenvalue weighted by molar-refractivity contribution is -0.139. The van der Waals surface area contributed by atoms with Gasteiger partial charge in [-0.25, -0.2) is 0 Å². The number of carbonyl (C=O) groups is 1. The number of carboxylic acids is 1. The Labute approximate surface area is 73.4 Å². The molecule has 12 heavy (non-hydrogen) atoms. The Kier molecular flexibility index (Phi) is 2.42. The molecule has 0 aromatic heterocycles. The fraction of sp³-hybridized carbons (Fsp3) is 0.889. The molecule has 1 aliphatic carbocycles. The molecule has 1 rings (SSSR count). The van der Waals surface area contributed by atoms with Crippen molar-refractivity contribution in [2.24, 2.45) is 5.41 Å². The number of hydrogen-bond acceptors (Lipinski definition) is 2. The van der Waals surface area contributed by atoms with Crippen LogP contribution in [0, 0.1) is 5.41 Å². The van der Waals surface area contributed by atoms with Gasteiger partial charge in [-0.2, -0.15) is 0 Å². The maximum Gasteiger partial charge on any atom is 0.317 e. The minimum atomic E-state index is -0.734. The third-order valence-corrected chi connectivity index (χ3v) is 2.58. The van der Waals surface area contributed by atoms with E-state index in [1.165, 1.54) is 0 Å². The molecule has 1 fully saturated rings. The molecule has 3 nitrogen and oxygen atoms in total. The molecule has 70 valence electrons. The summed E-state index contributed by atoms with van der Waals surface area (Å²) in [4.78, 5) is 12.3. The summed E-state index contributed by atoms with van der Waals surface area (Å²) in [5, 5.41) is 8.54. The van der Waals surface area contributed by atoms with Crippen molar-refractivity contribution >= 4 is 5.97 Å². The van der Waals surface area contributed by atoms with E-state index in [0.29, 0.717) is 11.5 Å². The van der Waals surface area contributed by atoms with Crippen LogP contribution >= 0.6 is 0 Å². The van der Waals surface area contributed by atoms with Gasteiger partial charge in [0.1, 0.15) is 0 Å². The largest absolute Gasteiger partial charge is 0.480 e. The van der Waals surface area contributed by atoms with Gasteiger partial charge in [-0.05, 0) is 25.3 Å². The summed E-state index contributed by atoms with van der Waals surface area (Å²) in [6.45, 7) is 4.61. The SMILES string of the molecule is CN(CC(=O)O)C1CC(C)(C)C1. The van der Waals surface area contributed by atoms with Gasteiger partial charge in [0, 0.05) is 6.04 Å². The van der Waals surface area contributed by atoms with Gasteiger partial charge in [0.2, 0.25) is 0 Å². The highest BCUT2D eigenvalue weighted by Crippen LogP contribution is 2.42. The van der Waals surface area contributed by atoms with Crippen molar-refractivity contribution in [2.75, 3.05) is 13.6 Å². The fourth-order valence-electron chi connectivity index (χ4n) is 1.87. The molecule has 0 aliphatic heterocycles. The standard InChI is InChI=1S/C9H17NO2/c1-9(2)4-7(5-9)10(3)6-8(11)12/h7H,4-6H2,1-3H3,(H,11,12). The Bertz CT molecular complexity index is 181. The van der Waals surface area contributed by atoms with E-state index >= 15 is 0 Å². The van der Waals surface area contributed by atoms with Gasteiger partial charge >= 0.3 is 5.97 Å². The van der Waals surface area contributed by atoms with E-state index in [9.17, 15) is 4.79 Å². The first-order valence-electron chi connectivity index (χ1n) is 4.33. The molecular formula is C9H17NO2. The van der Waals surface area contributed by atoms with E-state index in [1.54, 1.807) is 0 Å². The number of carboxylic acid groups (broad SMARTS) is 1. The van der Waals surface area contributed by atoms with Crippen molar-refractivity contribution in [3.05, 3.63) is 0 Å². The van der Waals surface area contributed by atoms with Gasteiger partial charge < -0.3 is 5.11 Å². The molecule has 0 amide bonds. The molecular weight excluding hydrogens is 154 g/mol. The van der Waals surface area contributed by atoms with Gasteiger partial charge in [-0.1, -0.05) is 13.8 Å². The topological polar surface area (TPSA) is 40.5 Å². The lowest BCUT2D eigenvalue weighted by Crippen LogP contribution is -2.48. The van der Waals surface area contributed by atoms with Gasteiger partial charge in [0.05, 0.1) is 6.54 Å². The Morgan fingerprint density at radius 2 is 2.08 bits per heavy atom. The van der Waals surface area contributed by atoms with Crippen LogP contribution in [-0.4, -0.2) is 35.6 Å². The number of hydrogen-bond donors (Lipinski definition) is 1. The molecule has 0 aromatic rings. The van der Waals surface area contributed by atoms with Crippen molar-refractivity contribution in [3.8, 4) is 0 Å². The first-order valence-corrected chi connectivity index (χ1v) is 4.33.